The lowest BCUT2D eigenvalue weighted by Crippen LogP contribution is -2.21. The summed E-state index contributed by atoms with van der Waals surface area (Å²) < 4.78 is 42.9. The molecule has 1 aliphatic rings. The zero-order valence-electron chi connectivity index (χ0n) is 9.84. The molecule has 0 amide bonds. The first-order valence-corrected chi connectivity index (χ1v) is 5.79. The van der Waals surface area contributed by atoms with Crippen molar-refractivity contribution in [2.24, 2.45) is 0 Å². The van der Waals surface area contributed by atoms with Crippen molar-refractivity contribution in [1.82, 2.24) is 0 Å². The second kappa shape index (κ2) is 4.30. The Morgan fingerprint density at radius 3 is 2.37 bits per heavy atom. The van der Waals surface area contributed by atoms with Crippen LogP contribution in [0.2, 0.25) is 5.02 Å². The topological polar surface area (TPSA) is 46.5 Å². The Bertz CT molecular complexity index is 536. The van der Waals surface area contributed by atoms with E-state index in [1.165, 1.54) is 7.11 Å². The Morgan fingerprint density at radius 1 is 1.42 bits per heavy atom. The third kappa shape index (κ3) is 2.25. The van der Waals surface area contributed by atoms with Crippen molar-refractivity contribution in [3.8, 4) is 5.75 Å². The molecular formula is C12H10ClF3O3. The monoisotopic (exact) mass is 294 g/mol. The smallest absolute Gasteiger partial charge is 0.416 e. The van der Waals surface area contributed by atoms with Crippen molar-refractivity contribution in [3.63, 3.8) is 0 Å². The number of methoxy groups -OCH3 is 1. The van der Waals surface area contributed by atoms with Gasteiger partial charge in [0.15, 0.2) is 0 Å². The molecule has 0 aromatic heterocycles. The number of halogens is 4. The number of ether oxygens (including phenoxy) is 1. The average Bonchev–Trinajstić information content (AvgIpc) is 3.07. The van der Waals surface area contributed by atoms with E-state index >= 15 is 0 Å². The van der Waals surface area contributed by atoms with Crippen LogP contribution < -0.4 is 4.74 Å². The van der Waals surface area contributed by atoms with Gasteiger partial charge in [-0.2, -0.15) is 13.2 Å². The van der Waals surface area contributed by atoms with Gasteiger partial charge in [-0.25, -0.2) is 0 Å². The van der Waals surface area contributed by atoms with E-state index < -0.39 is 23.1 Å². The Hall–Kier alpha value is -1.43. The molecule has 1 aromatic rings. The van der Waals surface area contributed by atoms with Gasteiger partial charge in [-0.1, -0.05) is 11.6 Å². The summed E-state index contributed by atoms with van der Waals surface area (Å²) >= 11 is 5.84. The van der Waals surface area contributed by atoms with Crippen LogP contribution in [-0.2, 0) is 16.4 Å². The van der Waals surface area contributed by atoms with Gasteiger partial charge in [0.2, 0.25) is 0 Å². The van der Waals surface area contributed by atoms with Crippen LogP contribution >= 0.6 is 11.6 Å². The van der Waals surface area contributed by atoms with Gasteiger partial charge in [0, 0.05) is 10.6 Å². The van der Waals surface area contributed by atoms with Crippen LogP contribution in [0.3, 0.4) is 0 Å². The normalized spacial score (nSPS) is 17.1. The van der Waals surface area contributed by atoms with Gasteiger partial charge in [-0.3, -0.25) is 4.79 Å². The predicted molar refractivity (Wildman–Crippen MR) is 61.6 cm³/mol. The van der Waals surface area contributed by atoms with Gasteiger partial charge in [-0.05, 0) is 25.0 Å². The lowest BCUT2D eigenvalue weighted by atomic mass is 9.93. The van der Waals surface area contributed by atoms with E-state index in [9.17, 15) is 23.1 Å². The predicted octanol–water partition coefficient (Wildman–Crippen LogP) is 3.48. The molecule has 7 heteroatoms. The Labute approximate surface area is 111 Å². The van der Waals surface area contributed by atoms with Gasteiger partial charge >= 0.3 is 12.1 Å². The molecule has 1 saturated carbocycles. The molecular weight excluding hydrogens is 285 g/mol. The minimum atomic E-state index is -4.56. The fourth-order valence-electron chi connectivity index (χ4n) is 2.07. The Balaban J connectivity index is 2.61. The van der Waals surface area contributed by atoms with Crippen molar-refractivity contribution in [2.45, 2.75) is 24.4 Å². The zero-order chi connectivity index (χ0) is 14.4. The van der Waals surface area contributed by atoms with E-state index in [1.807, 2.05) is 0 Å². The highest BCUT2D eigenvalue weighted by Gasteiger charge is 2.55. The standard InChI is InChI=1S/C12H10ClF3O3/c1-19-8-5-6(12(14,15)16)4-7(13)9(8)11(2-3-11)10(17)18/h4-5H,2-3H2,1H3,(H,17,18). The number of carboxylic acid groups (broad SMARTS) is 1. The number of aliphatic carboxylic acids is 1. The van der Waals surface area contributed by atoms with Gasteiger partial charge in [-0.15, -0.1) is 0 Å². The maximum Gasteiger partial charge on any atom is 0.416 e. The van der Waals surface area contributed by atoms with Gasteiger partial charge in [0.05, 0.1) is 18.1 Å². The Kier molecular flexibility index (Phi) is 3.16. The molecule has 0 aliphatic heterocycles. The Morgan fingerprint density at radius 2 is 2.00 bits per heavy atom. The molecule has 2 rings (SSSR count). The minimum absolute atomic E-state index is 0.122. The molecule has 0 atom stereocenters. The first-order valence-electron chi connectivity index (χ1n) is 5.41. The third-order valence-corrected chi connectivity index (χ3v) is 3.54. The van der Waals surface area contributed by atoms with Gasteiger partial charge in [0.25, 0.3) is 0 Å². The molecule has 104 valence electrons. The molecule has 0 saturated heterocycles. The van der Waals surface area contributed by atoms with Crippen LogP contribution in [0.1, 0.15) is 24.0 Å². The maximum atomic E-state index is 12.7. The lowest BCUT2D eigenvalue weighted by molar-refractivity contribution is -0.140. The summed E-state index contributed by atoms with van der Waals surface area (Å²) in [6, 6.07) is 1.52. The summed E-state index contributed by atoms with van der Waals surface area (Å²) in [4.78, 5) is 11.2. The first kappa shape index (κ1) is 14.0. The van der Waals surface area contributed by atoms with Gasteiger partial charge in [0.1, 0.15) is 5.75 Å². The molecule has 1 aromatic carbocycles. The molecule has 0 spiro atoms. The molecule has 19 heavy (non-hydrogen) atoms. The van der Waals surface area contributed by atoms with Crippen LogP contribution in [0.4, 0.5) is 13.2 Å². The van der Waals surface area contributed by atoms with E-state index in [1.54, 1.807) is 0 Å². The van der Waals surface area contributed by atoms with E-state index in [2.05, 4.69) is 0 Å². The molecule has 0 unspecified atom stereocenters. The molecule has 1 N–H and O–H groups in total. The summed E-state index contributed by atoms with van der Waals surface area (Å²) in [6.07, 6.45) is -3.89. The van der Waals surface area contributed by atoms with Crippen LogP contribution in [0.5, 0.6) is 5.75 Å². The SMILES string of the molecule is COc1cc(C(F)(F)F)cc(Cl)c1C1(C(=O)O)CC1. The summed E-state index contributed by atoms with van der Waals surface area (Å²) in [7, 11) is 1.19. The van der Waals surface area contributed by atoms with E-state index in [0.29, 0.717) is 12.8 Å². The van der Waals surface area contributed by atoms with E-state index in [-0.39, 0.29) is 16.3 Å². The van der Waals surface area contributed by atoms with Crippen molar-refractivity contribution in [3.05, 3.63) is 28.3 Å². The second-order valence-electron chi connectivity index (χ2n) is 4.42. The number of alkyl halides is 3. The molecule has 0 bridgehead atoms. The number of hydrogen-bond acceptors (Lipinski definition) is 2. The molecule has 1 aliphatic carbocycles. The van der Waals surface area contributed by atoms with E-state index in [0.717, 1.165) is 12.1 Å². The van der Waals surface area contributed by atoms with Gasteiger partial charge < -0.3 is 9.84 Å². The van der Waals surface area contributed by atoms with E-state index in [4.69, 9.17) is 16.3 Å². The van der Waals surface area contributed by atoms with Crippen molar-refractivity contribution in [1.29, 1.82) is 0 Å². The summed E-state index contributed by atoms with van der Waals surface area (Å²) in [5.74, 6) is -1.24. The van der Waals surface area contributed by atoms with Crippen molar-refractivity contribution < 1.29 is 27.8 Å². The zero-order valence-corrected chi connectivity index (χ0v) is 10.6. The van der Waals surface area contributed by atoms with Crippen LogP contribution in [0.15, 0.2) is 12.1 Å². The highest BCUT2D eigenvalue weighted by atomic mass is 35.5. The molecule has 0 radical (unpaired) electrons. The number of hydrogen-bond donors (Lipinski definition) is 1. The lowest BCUT2D eigenvalue weighted by Gasteiger charge is -2.18. The van der Waals surface area contributed by atoms with Crippen LogP contribution in [0.25, 0.3) is 0 Å². The minimum Gasteiger partial charge on any atom is -0.496 e. The molecule has 1 fully saturated rings. The fraction of sp³-hybridized carbons (Fsp3) is 0.417. The van der Waals surface area contributed by atoms with Crippen molar-refractivity contribution >= 4 is 17.6 Å². The number of carboxylic acids is 1. The third-order valence-electron chi connectivity index (χ3n) is 3.24. The summed E-state index contributed by atoms with van der Waals surface area (Å²) in [5.41, 5.74) is -2.05. The van der Waals surface area contributed by atoms with Crippen LogP contribution in [0, 0.1) is 0 Å². The maximum absolute atomic E-state index is 12.7. The first-order chi connectivity index (χ1) is 8.72. The summed E-state index contributed by atoms with van der Waals surface area (Å²) in [6.45, 7) is 0. The number of benzene rings is 1. The highest BCUT2D eigenvalue weighted by Crippen LogP contribution is 2.54. The largest absolute Gasteiger partial charge is 0.496 e. The number of rotatable bonds is 3. The summed E-state index contributed by atoms with van der Waals surface area (Å²) in [5, 5.41) is 8.96. The fourth-order valence-corrected chi connectivity index (χ4v) is 2.46. The quantitative estimate of drug-likeness (QED) is 0.928. The second-order valence-corrected chi connectivity index (χ2v) is 4.83. The highest BCUT2D eigenvalue weighted by molar-refractivity contribution is 6.32. The molecule has 0 heterocycles. The molecule has 3 nitrogen and oxygen atoms in total. The average molecular weight is 295 g/mol. The van der Waals surface area contributed by atoms with Crippen molar-refractivity contribution in [2.75, 3.05) is 7.11 Å². The van der Waals surface area contributed by atoms with Crippen LogP contribution in [-0.4, -0.2) is 18.2 Å². The number of carbonyl (C=O) groups is 1.